The van der Waals surface area contributed by atoms with Crippen LogP contribution in [0, 0.1) is 17.8 Å². The SMILES string of the molecule is NC[C@H]1CCC[C@H]1C(=O)NC1CCC(C(=O)N2CCSCC2)CC1. The van der Waals surface area contributed by atoms with Crippen molar-refractivity contribution in [2.45, 2.75) is 51.0 Å². The van der Waals surface area contributed by atoms with Crippen LogP contribution in [-0.4, -0.2) is 53.9 Å². The third kappa shape index (κ3) is 4.26. The summed E-state index contributed by atoms with van der Waals surface area (Å²) in [6.07, 6.45) is 6.89. The van der Waals surface area contributed by atoms with Gasteiger partial charge in [-0.15, -0.1) is 0 Å². The van der Waals surface area contributed by atoms with Crippen molar-refractivity contribution in [1.29, 1.82) is 0 Å². The van der Waals surface area contributed by atoms with E-state index in [1.54, 1.807) is 0 Å². The summed E-state index contributed by atoms with van der Waals surface area (Å²) in [6, 6.07) is 0.248. The van der Waals surface area contributed by atoms with Gasteiger partial charge in [-0.3, -0.25) is 9.59 Å². The third-order valence-electron chi connectivity index (χ3n) is 6.04. The Kier molecular flexibility index (Phi) is 6.44. The van der Waals surface area contributed by atoms with Crippen molar-refractivity contribution in [3.8, 4) is 0 Å². The smallest absolute Gasteiger partial charge is 0.225 e. The molecule has 2 saturated carbocycles. The molecule has 0 aromatic heterocycles. The molecule has 0 aromatic carbocycles. The first-order valence-electron chi connectivity index (χ1n) is 9.56. The summed E-state index contributed by atoms with van der Waals surface area (Å²) < 4.78 is 0. The van der Waals surface area contributed by atoms with E-state index in [9.17, 15) is 9.59 Å². The van der Waals surface area contributed by atoms with E-state index in [4.69, 9.17) is 5.73 Å². The van der Waals surface area contributed by atoms with Gasteiger partial charge in [-0.1, -0.05) is 6.42 Å². The minimum Gasteiger partial charge on any atom is -0.353 e. The summed E-state index contributed by atoms with van der Waals surface area (Å²) in [6.45, 7) is 2.43. The van der Waals surface area contributed by atoms with Gasteiger partial charge in [0.2, 0.25) is 11.8 Å². The predicted molar refractivity (Wildman–Crippen MR) is 97.7 cm³/mol. The molecule has 24 heavy (non-hydrogen) atoms. The van der Waals surface area contributed by atoms with Gasteiger partial charge in [0.05, 0.1) is 0 Å². The number of carbonyl (C=O) groups is 2. The highest BCUT2D eigenvalue weighted by Crippen LogP contribution is 2.32. The van der Waals surface area contributed by atoms with Crippen LogP contribution < -0.4 is 11.1 Å². The molecule has 3 N–H and O–H groups in total. The molecule has 3 rings (SSSR count). The topological polar surface area (TPSA) is 75.4 Å². The van der Waals surface area contributed by atoms with E-state index in [1.807, 2.05) is 16.7 Å². The minimum atomic E-state index is 0.111. The molecule has 136 valence electrons. The number of thioether (sulfide) groups is 1. The number of nitrogens with zero attached hydrogens (tertiary/aromatic N) is 1. The van der Waals surface area contributed by atoms with Gasteiger partial charge in [-0.05, 0) is 51.0 Å². The number of nitrogens with two attached hydrogens (primary N) is 1. The summed E-state index contributed by atoms with van der Waals surface area (Å²) >= 11 is 1.93. The molecule has 0 aromatic rings. The second kappa shape index (κ2) is 8.56. The number of nitrogens with one attached hydrogen (secondary N) is 1. The second-order valence-electron chi connectivity index (χ2n) is 7.53. The summed E-state index contributed by atoms with van der Waals surface area (Å²) in [5, 5.41) is 3.24. The zero-order valence-corrected chi connectivity index (χ0v) is 15.4. The Balaban J connectivity index is 1.43. The highest BCUT2D eigenvalue weighted by molar-refractivity contribution is 7.99. The molecule has 0 spiro atoms. The van der Waals surface area contributed by atoms with Crippen LogP contribution in [0.15, 0.2) is 0 Å². The van der Waals surface area contributed by atoms with Gasteiger partial charge in [0.15, 0.2) is 0 Å². The van der Waals surface area contributed by atoms with E-state index < -0.39 is 0 Å². The van der Waals surface area contributed by atoms with E-state index in [2.05, 4.69) is 5.32 Å². The Morgan fingerprint density at radius 3 is 2.42 bits per heavy atom. The fourth-order valence-corrected chi connectivity index (χ4v) is 5.40. The maximum atomic E-state index is 12.6. The predicted octanol–water partition coefficient (Wildman–Crippen LogP) is 1.61. The number of amides is 2. The molecule has 3 fully saturated rings. The van der Waals surface area contributed by atoms with Crippen LogP contribution in [0.25, 0.3) is 0 Å². The van der Waals surface area contributed by atoms with E-state index in [0.29, 0.717) is 18.4 Å². The molecule has 2 amide bonds. The zero-order chi connectivity index (χ0) is 16.9. The molecule has 1 heterocycles. The van der Waals surface area contributed by atoms with Crippen molar-refractivity contribution in [1.82, 2.24) is 10.2 Å². The Morgan fingerprint density at radius 2 is 1.75 bits per heavy atom. The highest BCUT2D eigenvalue weighted by Gasteiger charge is 2.35. The summed E-state index contributed by atoms with van der Waals surface area (Å²) in [5.41, 5.74) is 5.79. The molecular weight excluding hydrogens is 322 g/mol. The summed E-state index contributed by atoms with van der Waals surface area (Å²) in [5.74, 6) is 3.33. The van der Waals surface area contributed by atoms with Crippen molar-refractivity contribution >= 4 is 23.6 Å². The van der Waals surface area contributed by atoms with Crippen molar-refractivity contribution in [3.63, 3.8) is 0 Å². The molecule has 3 aliphatic rings. The molecule has 0 radical (unpaired) electrons. The first-order valence-corrected chi connectivity index (χ1v) is 10.7. The molecule has 2 atom stereocenters. The van der Waals surface area contributed by atoms with Gasteiger partial charge < -0.3 is 16.0 Å². The van der Waals surface area contributed by atoms with Crippen LogP contribution in [0.4, 0.5) is 0 Å². The molecule has 1 aliphatic heterocycles. The minimum absolute atomic E-state index is 0.111. The normalized spacial score (nSPS) is 34.1. The van der Waals surface area contributed by atoms with Crippen molar-refractivity contribution in [3.05, 3.63) is 0 Å². The van der Waals surface area contributed by atoms with Gasteiger partial charge in [-0.25, -0.2) is 0 Å². The molecular formula is C18H31N3O2S. The zero-order valence-electron chi connectivity index (χ0n) is 14.5. The van der Waals surface area contributed by atoms with Crippen LogP contribution in [0.5, 0.6) is 0 Å². The monoisotopic (exact) mass is 353 g/mol. The molecule has 0 unspecified atom stereocenters. The molecule has 6 heteroatoms. The molecule has 1 saturated heterocycles. The Hall–Kier alpha value is -0.750. The lowest BCUT2D eigenvalue weighted by Gasteiger charge is -2.34. The second-order valence-corrected chi connectivity index (χ2v) is 8.75. The third-order valence-corrected chi connectivity index (χ3v) is 6.99. The summed E-state index contributed by atoms with van der Waals surface area (Å²) in [7, 11) is 0. The van der Waals surface area contributed by atoms with E-state index in [0.717, 1.165) is 69.5 Å². The first-order chi connectivity index (χ1) is 11.7. The van der Waals surface area contributed by atoms with Gasteiger partial charge in [0.25, 0.3) is 0 Å². The van der Waals surface area contributed by atoms with Crippen LogP contribution in [0.2, 0.25) is 0 Å². The number of carbonyl (C=O) groups excluding carboxylic acids is 2. The largest absolute Gasteiger partial charge is 0.353 e. The lowest BCUT2D eigenvalue weighted by molar-refractivity contribution is -0.136. The maximum Gasteiger partial charge on any atom is 0.225 e. The lowest BCUT2D eigenvalue weighted by Crippen LogP contribution is -2.46. The quantitative estimate of drug-likeness (QED) is 0.805. The first kappa shape index (κ1) is 18.1. The van der Waals surface area contributed by atoms with E-state index in [1.165, 1.54) is 0 Å². The van der Waals surface area contributed by atoms with E-state index >= 15 is 0 Å². The number of hydrogen-bond acceptors (Lipinski definition) is 4. The number of rotatable bonds is 4. The molecule has 2 aliphatic carbocycles. The van der Waals surface area contributed by atoms with Crippen LogP contribution in [0.1, 0.15) is 44.9 Å². The highest BCUT2D eigenvalue weighted by atomic mass is 32.2. The average Bonchev–Trinajstić information content (AvgIpc) is 3.11. The van der Waals surface area contributed by atoms with E-state index in [-0.39, 0.29) is 23.8 Å². The average molecular weight is 354 g/mol. The Bertz CT molecular complexity index is 446. The molecule has 5 nitrogen and oxygen atoms in total. The van der Waals surface area contributed by atoms with Gasteiger partial charge in [-0.2, -0.15) is 11.8 Å². The fourth-order valence-electron chi connectivity index (χ4n) is 4.50. The van der Waals surface area contributed by atoms with Crippen LogP contribution in [0.3, 0.4) is 0 Å². The molecule has 0 bridgehead atoms. The number of hydrogen-bond donors (Lipinski definition) is 2. The van der Waals surface area contributed by atoms with Gasteiger partial charge in [0, 0.05) is 42.5 Å². The lowest BCUT2D eigenvalue weighted by atomic mass is 9.84. The van der Waals surface area contributed by atoms with Crippen molar-refractivity contribution in [2.24, 2.45) is 23.5 Å². The van der Waals surface area contributed by atoms with Crippen LogP contribution in [-0.2, 0) is 9.59 Å². The van der Waals surface area contributed by atoms with Crippen LogP contribution >= 0.6 is 11.8 Å². The Morgan fingerprint density at radius 1 is 1.04 bits per heavy atom. The van der Waals surface area contributed by atoms with Crippen molar-refractivity contribution < 1.29 is 9.59 Å². The van der Waals surface area contributed by atoms with Gasteiger partial charge >= 0.3 is 0 Å². The Labute approximate surface area is 149 Å². The maximum absolute atomic E-state index is 12.6. The van der Waals surface area contributed by atoms with Crippen molar-refractivity contribution in [2.75, 3.05) is 31.1 Å². The fraction of sp³-hybridized carbons (Fsp3) is 0.889. The van der Waals surface area contributed by atoms with Gasteiger partial charge in [0.1, 0.15) is 0 Å². The standard InChI is InChI=1S/C18H31N3O2S/c19-12-14-2-1-3-16(14)17(22)20-15-6-4-13(5-7-15)18(23)21-8-10-24-11-9-21/h13-16H,1-12,19H2,(H,20,22)/t13?,14-,15?,16-/m1/s1. The summed E-state index contributed by atoms with van der Waals surface area (Å²) in [4.78, 5) is 27.1.